The smallest absolute Gasteiger partial charge is 0.339 e. The summed E-state index contributed by atoms with van der Waals surface area (Å²) in [6.45, 7) is 1.50. The summed E-state index contributed by atoms with van der Waals surface area (Å²) < 4.78 is 28.5. The van der Waals surface area contributed by atoms with Gasteiger partial charge in [0.1, 0.15) is 5.82 Å². The monoisotopic (exact) mass is 365 g/mol. The van der Waals surface area contributed by atoms with Crippen LogP contribution in [0.1, 0.15) is 17.3 Å². The normalized spacial score (nSPS) is 13.2. The van der Waals surface area contributed by atoms with Crippen molar-refractivity contribution in [1.82, 2.24) is 0 Å². The maximum atomic E-state index is 13.0. The number of ether oxygens (including phenoxy) is 3. The first-order valence-corrected chi connectivity index (χ1v) is 7.68. The van der Waals surface area contributed by atoms with E-state index in [-0.39, 0.29) is 23.1 Å². The molecule has 2 aromatic rings. The summed E-state index contributed by atoms with van der Waals surface area (Å²) in [5, 5.41) is 2.52. The lowest BCUT2D eigenvalue weighted by atomic mass is 10.2. The maximum absolute atomic E-state index is 13.0. The third kappa shape index (κ3) is 3.83. The summed E-state index contributed by atoms with van der Waals surface area (Å²) in [5.74, 6) is -0.836. The highest BCUT2D eigenvalue weighted by molar-refractivity contribution is 6.33. The zero-order valence-corrected chi connectivity index (χ0v) is 13.8. The van der Waals surface area contributed by atoms with Crippen molar-refractivity contribution >= 4 is 29.2 Å². The third-order valence-corrected chi connectivity index (χ3v) is 3.76. The molecule has 0 saturated carbocycles. The number of hydrogen-bond donors (Lipinski definition) is 1. The molecule has 6 nitrogen and oxygen atoms in total. The molecule has 0 bridgehead atoms. The molecule has 1 aliphatic heterocycles. The lowest BCUT2D eigenvalue weighted by Crippen LogP contribution is -2.30. The van der Waals surface area contributed by atoms with Crippen molar-refractivity contribution in [3.05, 3.63) is 52.8 Å². The number of halogens is 2. The first kappa shape index (κ1) is 17.0. The SMILES string of the molecule is C[C@H](OC(=O)c1ccc2c(c1)OCO2)C(=O)Nc1ccc(F)cc1Cl. The Labute approximate surface area is 147 Å². The Kier molecular flexibility index (Phi) is 4.76. The molecule has 1 atom stereocenters. The number of esters is 1. The van der Waals surface area contributed by atoms with Crippen molar-refractivity contribution in [2.45, 2.75) is 13.0 Å². The predicted octanol–water partition coefficient (Wildman–Crippen LogP) is 3.39. The van der Waals surface area contributed by atoms with Crippen LogP contribution in [0, 0.1) is 5.82 Å². The molecule has 1 amide bonds. The van der Waals surface area contributed by atoms with Crippen LogP contribution in [0.4, 0.5) is 10.1 Å². The Bertz CT molecular complexity index is 842. The number of benzene rings is 2. The van der Waals surface area contributed by atoms with Gasteiger partial charge in [-0.25, -0.2) is 9.18 Å². The highest BCUT2D eigenvalue weighted by Gasteiger charge is 2.22. The highest BCUT2D eigenvalue weighted by atomic mass is 35.5. The molecule has 0 aromatic heterocycles. The predicted molar refractivity (Wildman–Crippen MR) is 87.5 cm³/mol. The molecule has 3 rings (SSSR count). The second-order valence-electron chi connectivity index (χ2n) is 5.23. The van der Waals surface area contributed by atoms with Gasteiger partial charge in [-0.2, -0.15) is 0 Å². The van der Waals surface area contributed by atoms with E-state index in [1.807, 2.05) is 0 Å². The van der Waals surface area contributed by atoms with Gasteiger partial charge in [-0.15, -0.1) is 0 Å². The minimum absolute atomic E-state index is 0.0441. The Hall–Kier alpha value is -2.80. The molecule has 0 unspecified atom stereocenters. The van der Waals surface area contributed by atoms with Crippen molar-refractivity contribution < 1.29 is 28.2 Å². The number of carbonyl (C=O) groups excluding carboxylic acids is 2. The van der Waals surface area contributed by atoms with Gasteiger partial charge in [0.15, 0.2) is 17.6 Å². The average molecular weight is 366 g/mol. The van der Waals surface area contributed by atoms with E-state index in [4.69, 9.17) is 25.8 Å². The summed E-state index contributed by atoms with van der Waals surface area (Å²) in [6, 6.07) is 8.12. The third-order valence-electron chi connectivity index (χ3n) is 3.45. The van der Waals surface area contributed by atoms with E-state index in [0.29, 0.717) is 11.5 Å². The average Bonchev–Trinajstić information content (AvgIpc) is 3.04. The fraction of sp³-hybridized carbons (Fsp3) is 0.176. The van der Waals surface area contributed by atoms with Gasteiger partial charge >= 0.3 is 5.97 Å². The molecule has 0 fully saturated rings. The van der Waals surface area contributed by atoms with Gasteiger partial charge in [-0.3, -0.25) is 4.79 Å². The molecule has 25 heavy (non-hydrogen) atoms. The summed E-state index contributed by atoms with van der Waals surface area (Å²) in [4.78, 5) is 24.3. The molecule has 0 spiro atoms. The maximum Gasteiger partial charge on any atom is 0.339 e. The van der Waals surface area contributed by atoms with Gasteiger partial charge in [-0.05, 0) is 43.3 Å². The van der Waals surface area contributed by atoms with Crippen LogP contribution in [0.2, 0.25) is 5.02 Å². The van der Waals surface area contributed by atoms with Gasteiger partial charge < -0.3 is 19.5 Å². The van der Waals surface area contributed by atoms with Crippen LogP contribution in [0.5, 0.6) is 11.5 Å². The summed E-state index contributed by atoms with van der Waals surface area (Å²) in [5.41, 5.74) is 0.447. The van der Waals surface area contributed by atoms with E-state index >= 15 is 0 Å². The van der Waals surface area contributed by atoms with Crippen LogP contribution in [-0.4, -0.2) is 24.8 Å². The van der Waals surface area contributed by atoms with Crippen LogP contribution in [0.15, 0.2) is 36.4 Å². The molecular formula is C17H13ClFNO5. The van der Waals surface area contributed by atoms with E-state index in [2.05, 4.69) is 5.32 Å². The first-order chi connectivity index (χ1) is 11.9. The van der Waals surface area contributed by atoms with Gasteiger partial charge in [-0.1, -0.05) is 11.6 Å². The van der Waals surface area contributed by atoms with Crippen LogP contribution in [0.25, 0.3) is 0 Å². The molecule has 8 heteroatoms. The summed E-state index contributed by atoms with van der Waals surface area (Å²) >= 11 is 5.85. The Balaban J connectivity index is 1.63. The van der Waals surface area contributed by atoms with E-state index in [1.54, 1.807) is 6.07 Å². The van der Waals surface area contributed by atoms with E-state index < -0.39 is 23.8 Å². The van der Waals surface area contributed by atoms with Crippen molar-refractivity contribution in [2.75, 3.05) is 12.1 Å². The second-order valence-corrected chi connectivity index (χ2v) is 5.64. The number of rotatable bonds is 4. The fourth-order valence-electron chi connectivity index (χ4n) is 2.13. The Morgan fingerprint density at radius 1 is 1.20 bits per heavy atom. The first-order valence-electron chi connectivity index (χ1n) is 7.30. The topological polar surface area (TPSA) is 73.9 Å². The minimum atomic E-state index is -1.08. The van der Waals surface area contributed by atoms with Crippen LogP contribution in [-0.2, 0) is 9.53 Å². The summed E-state index contributed by atoms with van der Waals surface area (Å²) in [6.07, 6.45) is -1.08. The Morgan fingerprint density at radius 3 is 2.72 bits per heavy atom. The molecule has 1 aliphatic rings. The Morgan fingerprint density at radius 2 is 1.96 bits per heavy atom. The molecule has 1 N–H and O–H groups in total. The number of hydrogen-bond acceptors (Lipinski definition) is 5. The minimum Gasteiger partial charge on any atom is -0.454 e. The van der Waals surface area contributed by atoms with Crippen LogP contribution < -0.4 is 14.8 Å². The number of fused-ring (bicyclic) bond motifs is 1. The highest BCUT2D eigenvalue weighted by Crippen LogP contribution is 2.32. The molecule has 0 saturated heterocycles. The number of anilines is 1. The standard InChI is InChI=1S/C17H13ClFNO5/c1-9(16(21)20-13-4-3-11(19)7-12(13)18)25-17(22)10-2-5-14-15(6-10)24-8-23-14/h2-7,9H,8H2,1H3,(H,20,21)/t9-/m0/s1. The van der Waals surface area contributed by atoms with Gasteiger partial charge in [0.05, 0.1) is 16.3 Å². The lowest BCUT2D eigenvalue weighted by molar-refractivity contribution is -0.123. The van der Waals surface area contributed by atoms with Gasteiger partial charge in [0.2, 0.25) is 6.79 Å². The molecule has 2 aromatic carbocycles. The fourth-order valence-corrected chi connectivity index (χ4v) is 2.35. The molecule has 130 valence electrons. The van der Waals surface area contributed by atoms with Crippen molar-refractivity contribution in [3.63, 3.8) is 0 Å². The number of nitrogens with one attached hydrogen (secondary N) is 1. The van der Waals surface area contributed by atoms with Crippen molar-refractivity contribution in [2.24, 2.45) is 0 Å². The summed E-state index contributed by atoms with van der Waals surface area (Å²) in [7, 11) is 0. The zero-order chi connectivity index (χ0) is 18.0. The quantitative estimate of drug-likeness (QED) is 0.841. The number of carbonyl (C=O) groups is 2. The van der Waals surface area contributed by atoms with Crippen LogP contribution >= 0.6 is 11.6 Å². The largest absolute Gasteiger partial charge is 0.454 e. The van der Waals surface area contributed by atoms with E-state index in [9.17, 15) is 14.0 Å². The van der Waals surface area contributed by atoms with E-state index in [0.717, 1.165) is 12.1 Å². The molecule has 0 radical (unpaired) electrons. The number of amides is 1. The van der Waals surface area contributed by atoms with E-state index in [1.165, 1.54) is 25.1 Å². The van der Waals surface area contributed by atoms with Crippen molar-refractivity contribution in [1.29, 1.82) is 0 Å². The molecule has 1 heterocycles. The zero-order valence-electron chi connectivity index (χ0n) is 13.0. The van der Waals surface area contributed by atoms with Crippen LogP contribution in [0.3, 0.4) is 0 Å². The van der Waals surface area contributed by atoms with Gasteiger partial charge in [0.25, 0.3) is 5.91 Å². The van der Waals surface area contributed by atoms with Crippen molar-refractivity contribution in [3.8, 4) is 11.5 Å². The molecular weight excluding hydrogens is 353 g/mol. The van der Waals surface area contributed by atoms with Gasteiger partial charge in [0, 0.05) is 0 Å². The lowest BCUT2D eigenvalue weighted by Gasteiger charge is -2.14. The molecule has 0 aliphatic carbocycles. The second kappa shape index (κ2) is 6.98.